The molecule has 0 bridgehead atoms. The number of carbonyl (C=O) groups excluding carboxylic acids is 1. The number of hydrogen-bond acceptors (Lipinski definition) is 5. The molecule has 1 aromatic heterocycles. The fourth-order valence-corrected chi connectivity index (χ4v) is 5.01. The van der Waals surface area contributed by atoms with Crippen molar-refractivity contribution < 1.29 is 4.79 Å². The third-order valence-electron chi connectivity index (χ3n) is 7.11. The van der Waals surface area contributed by atoms with E-state index in [9.17, 15) is 4.79 Å². The summed E-state index contributed by atoms with van der Waals surface area (Å²) < 4.78 is 0. The second kappa shape index (κ2) is 13.6. The second-order valence-electron chi connectivity index (χ2n) is 9.84. The van der Waals surface area contributed by atoms with Crippen LogP contribution in [0, 0.1) is 0 Å². The second-order valence-corrected chi connectivity index (χ2v) is 9.84. The van der Waals surface area contributed by atoms with Gasteiger partial charge in [0.15, 0.2) is 0 Å². The Bertz CT molecular complexity index is 851. The van der Waals surface area contributed by atoms with Gasteiger partial charge in [-0.3, -0.25) is 9.78 Å². The standard InChI is InChI=1S/C28H41N5O/c34-28-19-26(32-21-27-9-4-5-16-31-27)14-18-33(28)22-24-12-10-23(11-13-24)20-29-15-6-17-30-25-7-2-1-3-8-25/h4-5,9-13,16,25-26,29-30,32H,1-3,6-8,14-15,17-22H2. The maximum Gasteiger partial charge on any atom is 0.224 e. The number of nitrogens with zero attached hydrogens (tertiary/aromatic N) is 2. The van der Waals surface area contributed by atoms with Crippen molar-refractivity contribution in [3.8, 4) is 0 Å². The minimum absolute atomic E-state index is 0.233. The van der Waals surface area contributed by atoms with Crippen LogP contribution in [0.4, 0.5) is 0 Å². The number of hydrogen-bond donors (Lipinski definition) is 3. The average molecular weight is 464 g/mol. The molecule has 2 fully saturated rings. The van der Waals surface area contributed by atoms with Crippen LogP contribution in [0.25, 0.3) is 0 Å². The Hall–Kier alpha value is -2.28. The average Bonchev–Trinajstić information content (AvgIpc) is 2.88. The van der Waals surface area contributed by atoms with Crippen molar-refractivity contribution in [2.75, 3.05) is 19.6 Å². The molecule has 1 atom stereocenters. The van der Waals surface area contributed by atoms with Crippen LogP contribution in [-0.2, 0) is 24.4 Å². The molecule has 1 amide bonds. The van der Waals surface area contributed by atoms with Crippen molar-refractivity contribution >= 4 is 5.91 Å². The summed E-state index contributed by atoms with van der Waals surface area (Å²) in [5, 5.41) is 10.8. The lowest BCUT2D eigenvalue weighted by molar-refractivity contribution is -0.134. The number of nitrogens with one attached hydrogen (secondary N) is 3. The summed E-state index contributed by atoms with van der Waals surface area (Å²) in [6, 6.07) is 15.6. The molecule has 1 aliphatic heterocycles. The lowest BCUT2D eigenvalue weighted by Crippen LogP contribution is -2.45. The van der Waals surface area contributed by atoms with Gasteiger partial charge in [0.2, 0.25) is 5.91 Å². The number of benzene rings is 1. The highest BCUT2D eigenvalue weighted by molar-refractivity contribution is 5.77. The molecule has 6 heteroatoms. The summed E-state index contributed by atoms with van der Waals surface area (Å²) in [6.45, 7) is 5.27. The zero-order valence-corrected chi connectivity index (χ0v) is 20.5. The van der Waals surface area contributed by atoms with E-state index in [0.29, 0.717) is 19.5 Å². The third-order valence-corrected chi connectivity index (χ3v) is 7.11. The van der Waals surface area contributed by atoms with Gasteiger partial charge in [0.25, 0.3) is 0 Å². The van der Waals surface area contributed by atoms with E-state index in [1.165, 1.54) is 49.7 Å². The van der Waals surface area contributed by atoms with Crippen molar-refractivity contribution in [3.05, 3.63) is 65.5 Å². The predicted octanol–water partition coefficient (Wildman–Crippen LogP) is 3.76. The Morgan fingerprint density at radius 2 is 1.68 bits per heavy atom. The number of piperidine rings is 1. The van der Waals surface area contributed by atoms with E-state index in [2.05, 4.69) is 45.2 Å². The maximum atomic E-state index is 12.7. The number of rotatable bonds is 12. The minimum atomic E-state index is 0.233. The van der Waals surface area contributed by atoms with E-state index in [1.54, 1.807) is 0 Å². The van der Waals surface area contributed by atoms with Gasteiger partial charge >= 0.3 is 0 Å². The van der Waals surface area contributed by atoms with Gasteiger partial charge < -0.3 is 20.9 Å². The number of amides is 1. The Kier molecular flexibility index (Phi) is 9.91. The van der Waals surface area contributed by atoms with Gasteiger partial charge in [-0.25, -0.2) is 0 Å². The van der Waals surface area contributed by atoms with Crippen LogP contribution >= 0.6 is 0 Å². The molecule has 1 unspecified atom stereocenters. The summed E-state index contributed by atoms with van der Waals surface area (Å²) in [4.78, 5) is 19.0. The number of carbonyl (C=O) groups is 1. The Morgan fingerprint density at radius 3 is 2.44 bits per heavy atom. The molecule has 1 saturated carbocycles. The van der Waals surface area contributed by atoms with E-state index < -0.39 is 0 Å². The quantitative estimate of drug-likeness (QED) is 0.418. The highest BCUT2D eigenvalue weighted by Gasteiger charge is 2.25. The SMILES string of the molecule is O=C1CC(NCc2ccccn2)CCN1Cc1ccc(CNCCCNC2CCCCC2)cc1. The Balaban J connectivity index is 1.10. The van der Waals surface area contributed by atoms with Crippen LogP contribution in [0.3, 0.4) is 0 Å². The molecule has 4 rings (SSSR count). The summed E-state index contributed by atoms with van der Waals surface area (Å²) in [7, 11) is 0. The molecule has 34 heavy (non-hydrogen) atoms. The van der Waals surface area contributed by atoms with Crippen molar-refractivity contribution in [2.45, 2.75) is 83.1 Å². The third kappa shape index (κ3) is 8.19. The van der Waals surface area contributed by atoms with Crippen molar-refractivity contribution in [3.63, 3.8) is 0 Å². The smallest absolute Gasteiger partial charge is 0.224 e. The summed E-state index contributed by atoms with van der Waals surface area (Å²) in [5.74, 6) is 0.234. The zero-order chi connectivity index (χ0) is 23.4. The van der Waals surface area contributed by atoms with Crippen molar-refractivity contribution in [1.82, 2.24) is 25.8 Å². The van der Waals surface area contributed by atoms with Crippen molar-refractivity contribution in [1.29, 1.82) is 0 Å². The van der Waals surface area contributed by atoms with E-state index in [-0.39, 0.29) is 11.9 Å². The number of aromatic nitrogens is 1. The fourth-order valence-electron chi connectivity index (χ4n) is 5.01. The van der Waals surface area contributed by atoms with Crippen LogP contribution in [0.2, 0.25) is 0 Å². The molecule has 2 heterocycles. The lowest BCUT2D eigenvalue weighted by Gasteiger charge is -2.32. The molecule has 0 radical (unpaired) electrons. The van der Waals surface area contributed by atoms with E-state index >= 15 is 0 Å². The predicted molar refractivity (Wildman–Crippen MR) is 137 cm³/mol. The summed E-state index contributed by atoms with van der Waals surface area (Å²) in [5.41, 5.74) is 3.52. The Labute approximate surface area is 204 Å². The van der Waals surface area contributed by atoms with E-state index in [0.717, 1.165) is 44.3 Å². The van der Waals surface area contributed by atoms with Gasteiger partial charge in [0.1, 0.15) is 0 Å². The normalized spacial score (nSPS) is 19.5. The van der Waals surface area contributed by atoms with E-state index in [1.807, 2.05) is 29.3 Å². The van der Waals surface area contributed by atoms with Crippen LogP contribution in [0.5, 0.6) is 0 Å². The molecule has 1 aliphatic carbocycles. The van der Waals surface area contributed by atoms with Crippen molar-refractivity contribution in [2.24, 2.45) is 0 Å². The number of likely N-dealkylation sites (tertiary alicyclic amines) is 1. The first-order valence-corrected chi connectivity index (χ1v) is 13.2. The van der Waals surface area contributed by atoms with Gasteiger partial charge in [-0.05, 0) is 62.0 Å². The topological polar surface area (TPSA) is 69.3 Å². The van der Waals surface area contributed by atoms with Crippen LogP contribution in [-0.4, -0.2) is 47.5 Å². The molecule has 0 spiro atoms. The fraction of sp³-hybridized carbons (Fsp3) is 0.571. The van der Waals surface area contributed by atoms with Crippen LogP contribution in [0.15, 0.2) is 48.7 Å². The molecular formula is C28H41N5O. The first-order chi connectivity index (χ1) is 16.8. The van der Waals surface area contributed by atoms with Gasteiger partial charge in [0, 0.05) is 50.9 Å². The molecule has 2 aliphatic rings. The molecule has 6 nitrogen and oxygen atoms in total. The zero-order valence-electron chi connectivity index (χ0n) is 20.5. The molecular weight excluding hydrogens is 422 g/mol. The van der Waals surface area contributed by atoms with Gasteiger partial charge in [-0.1, -0.05) is 49.6 Å². The first kappa shape index (κ1) is 24.8. The maximum absolute atomic E-state index is 12.7. The molecule has 2 aromatic rings. The molecule has 1 saturated heterocycles. The van der Waals surface area contributed by atoms with Crippen LogP contribution < -0.4 is 16.0 Å². The molecule has 1 aromatic carbocycles. The molecule has 184 valence electrons. The highest BCUT2D eigenvalue weighted by Crippen LogP contribution is 2.18. The monoisotopic (exact) mass is 463 g/mol. The lowest BCUT2D eigenvalue weighted by atomic mass is 9.95. The minimum Gasteiger partial charge on any atom is -0.338 e. The van der Waals surface area contributed by atoms with Gasteiger partial charge in [-0.2, -0.15) is 0 Å². The highest BCUT2D eigenvalue weighted by atomic mass is 16.2. The van der Waals surface area contributed by atoms with Gasteiger partial charge in [0.05, 0.1) is 5.69 Å². The largest absolute Gasteiger partial charge is 0.338 e. The Morgan fingerprint density at radius 1 is 0.853 bits per heavy atom. The van der Waals surface area contributed by atoms with Gasteiger partial charge in [-0.15, -0.1) is 0 Å². The van der Waals surface area contributed by atoms with E-state index in [4.69, 9.17) is 0 Å². The summed E-state index contributed by atoms with van der Waals surface area (Å²) in [6.07, 6.45) is 11.4. The summed E-state index contributed by atoms with van der Waals surface area (Å²) >= 11 is 0. The molecule has 3 N–H and O–H groups in total. The first-order valence-electron chi connectivity index (χ1n) is 13.2. The number of pyridine rings is 1. The van der Waals surface area contributed by atoms with Crippen LogP contribution in [0.1, 0.15) is 68.2 Å².